The van der Waals surface area contributed by atoms with Crippen LogP contribution in [0.15, 0.2) is 30.5 Å². The normalized spacial score (nSPS) is 21.7. The molecule has 0 saturated carbocycles. The number of aromatic nitrogens is 2. The molecule has 2 aromatic rings. The zero-order valence-corrected chi connectivity index (χ0v) is 19.2. The van der Waals surface area contributed by atoms with Gasteiger partial charge in [-0.05, 0) is 61.1 Å². The third-order valence-corrected chi connectivity index (χ3v) is 7.51. The quantitative estimate of drug-likeness (QED) is 0.786. The Morgan fingerprint density at radius 1 is 1.06 bits per heavy atom. The minimum absolute atomic E-state index is 0.0369. The van der Waals surface area contributed by atoms with E-state index in [0.717, 1.165) is 81.5 Å². The predicted molar refractivity (Wildman–Crippen MR) is 127 cm³/mol. The van der Waals surface area contributed by atoms with Crippen molar-refractivity contribution in [2.75, 3.05) is 37.6 Å². The zero-order valence-electron chi connectivity index (χ0n) is 19.2. The van der Waals surface area contributed by atoms with Gasteiger partial charge in [-0.15, -0.1) is 0 Å². The van der Waals surface area contributed by atoms with Gasteiger partial charge in [0.1, 0.15) is 0 Å². The van der Waals surface area contributed by atoms with Crippen molar-refractivity contribution in [1.82, 2.24) is 20.2 Å². The predicted octanol–water partition coefficient (Wildman–Crippen LogP) is 2.99. The number of aryl methyl sites for hydroxylation is 1. The molecule has 3 heterocycles. The molecule has 32 heavy (non-hydrogen) atoms. The summed E-state index contributed by atoms with van der Waals surface area (Å²) in [4.78, 5) is 27.1. The number of fused-ring (bicyclic) bond motifs is 2. The number of hydrogen-bond acceptors (Lipinski definition) is 5. The maximum atomic E-state index is 12.8. The van der Waals surface area contributed by atoms with Crippen molar-refractivity contribution in [1.29, 1.82) is 0 Å². The number of anilines is 1. The van der Waals surface area contributed by atoms with E-state index in [-0.39, 0.29) is 11.8 Å². The Balaban J connectivity index is 1.10. The number of nitrogens with one attached hydrogen (secondary N) is 1. The van der Waals surface area contributed by atoms with Crippen LogP contribution in [0, 0.1) is 11.8 Å². The lowest BCUT2D eigenvalue weighted by atomic mass is 9.86. The number of benzene rings is 1. The molecule has 0 unspecified atom stereocenters. The Hall–Kier alpha value is -2.47. The van der Waals surface area contributed by atoms with E-state index in [0.29, 0.717) is 6.54 Å². The summed E-state index contributed by atoms with van der Waals surface area (Å²) < 4.78 is 0. The van der Waals surface area contributed by atoms with Crippen LogP contribution in [0.4, 0.5) is 5.95 Å². The van der Waals surface area contributed by atoms with Crippen molar-refractivity contribution in [2.24, 2.45) is 11.8 Å². The molecule has 0 bridgehead atoms. The molecule has 0 radical (unpaired) electrons. The molecular weight excluding hydrogens is 398 g/mol. The second-order valence-corrected chi connectivity index (χ2v) is 9.84. The maximum Gasteiger partial charge on any atom is 0.225 e. The standard InChI is InChI=1S/C26H35N5O/c1-19-8-13-31(14-9-19)26-28-17-23-16-21(6-7-24(23)29-26)25(32)27-11-15-30-12-10-20-4-2-3-5-22(20)18-30/h2-5,17,19,21H,6-16,18H2,1H3,(H,27,32)/t21-/m1/s1. The van der Waals surface area contributed by atoms with E-state index in [4.69, 9.17) is 4.98 Å². The van der Waals surface area contributed by atoms with Crippen molar-refractivity contribution >= 4 is 11.9 Å². The number of rotatable bonds is 5. The van der Waals surface area contributed by atoms with Gasteiger partial charge in [0.05, 0.1) is 0 Å². The number of amides is 1. The van der Waals surface area contributed by atoms with Gasteiger partial charge in [0.2, 0.25) is 11.9 Å². The van der Waals surface area contributed by atoms with Gasteiger partial charge in [-0.2, -0.15) is 0 Å². The van der Waals surface area contributed by atoms with Crippen LogP contribution in [0.25, 0.3) is 0 Å². The fraction of sp³-hybridized carbons (Fsp3) is 0.577. The van der Waals surface area contributed by atoms with E-state index < -0.39 is 0 Å². The number of hydrogen-bond donors (Lipinski definition) is 1. The van der Waals surface area contributed by atoms with Crippen LogP contribution in [-0.4, -0.2) is 53.5 Å². The molecule has 1 aromatic carbocycles. The molecule has 2 aliphatic heterocycles. The number of piperidine rings is 1. The van der Waals surface area contributed by atoms with Gasteiger partial charge in [-0.1, -0.05) is 31.2 Å². The highest BCUT2D eigenvalue weighted by molar-refractivity contribution is 5.79. The largest absolute Gasteiger partial charge is 0.355 e. The fourth-order valence-electron chi connectivity index (χ4n) is 5.31. The first-order valence-corrected chi connectivity index (χ1v) is 12.3. The van der Waals surface area contributed by atoms with Crippen LogP contribution in [0.2, 0.25) is 0 Å². The van der Waals surface area contributed by atoms with Gasteiger partial charge in [-0.3, -0.25) is 9.69 Å². The number of nitrogens with zero attached hydrogens (tertiary/aromatic N) is 4. The summed E-state index contributed by atoms with van der Waals surface area (Å²) in [5.41, 5.74) is 5.18. The summed E-state index contributed by atoms with van der Waals surface area (Å²) in [6.45, 7) is 8.10. The minimum atomic E-state index is 0.0369. The number of carbonyl (C=O) groups is 1. The zero-order chi connectivity index (χ0) is 21.9. The van der Waals surface area contributed by atoms with Crippen molar-refractivity contribution in [2.45, 2.75) is 52.0 Å². The average Bonchev–Trinajstić information content (AvgIpc) is 2.83. The van der Waals surface area contributed by atoms with Gasteiger partial charge >= 0.3 is 0 Å². The van der Waals surface area contributed by atoms with Gasteiger partial charge in [0, 0.05) is 57.1 Å². The smallest absolute Gasteiger partial charge is 0.225 e. The first-order chi connectivity index (χ1) is 15.7. The molecule has 1 aromatic heterocycles. The first kappa shape index (κ1) is 21.4. The van der Waals surface area contributed by atoms with E-state index in [1.165, 1.54) is 24.0 Å². The minimum Gasteiger partial charge on any atom is -0.355 e. The highest BCUT2D eigenvalue weighted by Crippen LogP contribution is 2.27. The molecule has 6 heteroatoms. The molecule has 5 rings (SSSR count). The summed E-state index contributed by atoms with van der Waals surface area (Å²) in [5, 5.41) is 3.19. The van der Waals surface area contributed by atoms with Crippen molar-refractivity contribution in [3.8, 4) is 0 Å². The highest BCUT2D eigenvalue weighted by Gasteiger charge is 2.27. The molecule has 1 N–H and O–H groups in total. The number of carbonyl (C=O) groups excluding carboxylic acids is 1. The monoisotopic (exact) mass is 433 g/mol. The Morgan fingerprint density at radius 3 is 2.72 bits per heavy atom. The fourth-order valence-corrected chi connectivity index (χ4v) is 5.31. The second kappa shape index (κ2) is 9.57. The van der Waals surface area contributed by atoms with Crippen molar-refractivity contribution in [3.05, 3.63) is 52.8 Å². The summed E-state index contributed by atoms with van der Waals surface area (Å²) in [5.74, 6) is 1.90. The molecule has 1 fully saturated rings. The highest BCUT2D eigenvalue weighted by atomic mass is 16.1. The van der Waals surface area contributed by atoms with E-state index in [1.807, 2.05) is 6.20 Å². The molecule has 1 saturated heterocycles. The summed E-state index contributed by atoms with van der Waals surface area (Å²) >= 11 is 0. The Morgan fingerprint density at radius 2 is 1.88 bits per heavy atom. The Bertz CT molecular complexity index is 953. The first-order valence-electron chi connectivity index (χ1n) is 12.3. The lowest BCUT2D eigenvalue weighted by molar-refractivity contribution is -0.125. The van der Waals surface area contributed by atoms with Gasteiger partial charge in [0.15, 0.2) is 0 Å². The lowest BCUT2D eigenvalue weighted by Gasteiger charge is -2.31. The Labute approximate surface area is 191 Å². The molecule has 170 valence electrons. The van der Waals surface area contributed by atoms with Crippen LogP contribution < -0.4 is 10.2 Å². The summed E-state index contributed by atoms with van der Waals surface area (Å²) in [6, 6.07) is 8.69. The maximum absolute atomic E-state index is 12.8. The lowest BCUT2D eigenvalue weighted by Crippen LogP contribution is -2.41. The van der Waals surface area contributed by atoms with Crippen LogP contribution in [-0.2, 0) is 30.6 Å². The third-order valence-electron chi connectivity index (χ3n) is 7.51. The molecule has 0 spiro atoms. The summed E-state index contributed by atoms with van der Waals surface area (Å²) in [6.07, 6.45) is 8.01. The van der Waals surface area contributed by atoms with E-state index in [1.54, 1.807) is 0 Å². The van der Waals surface area contributed by atoms with Gasteiger partial charge in [0.25, 0.3) is 0 Å². The second-order valence-electron chi connectivity index (χ2n) is 9.84. The third kappa shape index (κ3) is 4.80. The SMILES string of the molecule is CC1CCN(c2ncc3c(n2)CC[C@@H](C(=O)NCCN2CCc4ccccc4C2)C3)CC1. The molecular formula is C26H35N5O. The molecule has 1 amide bonds. The van der Waals surface area contributed by atoms with Crippen molar-refractivity contribution in [3.63, 3.8) is 0 Å². The van der Waals surface area contributed by atoms with Crippen LogP contribution in [0.1, 0.15) is 48.6 Å². The van der Waals surface area contributed by atoms with E-state index in [2.05, 4.69) is 51.3 Å². The Kier molecular flexibility index (Phi) is 6.39. The van der Waals surface area contributed by atoms with Crippen molar-refractivity contribution < 1.29 is 4.79 Å². The molecule has 1 atom stereocenters. The topological polar surface area (TPSA) is 61.4 Å². The van der Waals surface area contributed by atoms with E-state index in [9.17, 15) is 4.79 Å². The molecule has 6 nitrogen and oxygen atoms in total. The molecule has 1 aliphatic carbocycles. The van der Waals surface area contributed by atoms with Gasteiger partial charge in [-0.25, -0.2) is 9.97 Å². The van der Waals surface area contributed by atoms with Crippen LogP contribution in [0.5, 0.6) is 0 Å². The van der Waals surface area contributed by atoms with E-state index >= 15 is 0 Å². The van der Waals surface area contributed by atoms with Crippen LogP contribution in [0.3, 0.4) is 0 Å². The van der Waals surface area contributed by atoms with Gasteiger partial charge < -0.3 is 10.2 Å². The summed E-state index contributed by atoms with van der Waals surface area (Å²) in [7, 11) is 0. The molecule has 3 aliphatic rings. The average molecular weight is 434 g/mol. The van der Waals surface area contributed by atoms with Crippen LogP contribution >= 0.6 is 0 Å².